The van der Waals surface area contributed by atoms with E-state index in [1.54, 1.807) is 22.5 Å². The van der Waals surface area contributed by atoms with Gasteiger partial charge >= 0.3 is 0 Å². The van der Waals surface area contributed by atoms with E-state index < -0.39 is 0 Å². The van der Waals surface area contributed by atoms with Gasteiger partial charge in [0.2, 0.25) is 0 Å². The molecule has 4 heteroatoms. The van der Waals surface area contributed by atoms with E-state index in [0.29, 0.717) is 0 Å². The molecule has 1 aromatic carbocycles. The third-order valence-electron chi connectivity index (χ3n) is 5.05. The quantitative estimate of drug-likeness (QED) is 0.892. The van der Waals surface area contributed by atoms with Crippen molar-refractivity contribution in [2.45, 2.75) is 19.3 Å². The van der Waals surface area contributed by atoms with Crippen LogP contribution in [0.15, 0.2) is 29.2 Å². The summed E-state index contributed by atoms with van der Waals surface area (Å²) in [5.74, 6) is 1.52. The number of nitrogens with zero attached hydrogens (tertiary/aromatic N) is 1. The summed E-state index contributed by atoms with van der Waals surface area (Å²) in [4.78, 5) is 0. The average Bonchev–Trinajstić information content (AvgIpc) is 3.20. The zero-order chi connectivity index (χ0) is 14.4. The number of rotatable bonds is 3. The van der Waals surface area contributed by atoms with E-state index in [1.165, 1.54) is 29.5 Å². The Morgan fingerprint density at radius 3 is 2.91 bits per heavy atom. The van der Waals surface area contributed by atoms with Crippen LogP contribution in [0, 0.1) is 23.2 Å². The van der Waals surface area contributed by atoms with Gasteiger partial charge in [0.05, 0.1) is 5.56 Å². The van der Waals surface area contributed by atoms with Crippen LogP contribution in [0.2, 0.25) is 0 Å². The molecule has 1 fully saturated rings. The van der Waals surface area contributed by atoms with Crippen LogP contribution in [-0.4, -0.2) is 13.6 Å². The Morgan fingerprint density at radius 2 is 2.14 bits per heavy atom. The molecular weight excluding hydrogens is 312 g/mol. The van der Waals surface area contributed by atoms with E-state index in [2.05, 4.69) is 29.6 Å². The van der Waals surface area contributed by atoms with E-state index in [1.807, 2.05) is 12.4 Å². The third kappa shape index (κ3) is 2.27. The fourth-order valence-electron chi connectivity index (χ4n) is 4.18. The van der Waals surface area contributed by atoms with Crippen molar-refractivity contribution in [3.8, 4) is 6.07 Å². The minimum atomic E-state index is 0. The second kappa shape index (κ2) is 6.04. The van der Waals surface area contributed by atoms with Gasteiger partial charge in [0.25, 0.3) is 0 Å². The van der Waals surface area contributed by atoms with Crippen LogP contribution in [0.25, 0.3) is 15.7 Å². The zero-order valence-corrected chi connectivity index (χ0v) is 14.2. The Labute approximate surface area is 141 Å². The van der Waals surface area contributed by atoms with Crippen molar-refractivity contribution in [1.29, 1.82) is 5.26 Å². The predicted octanol–water partition coefficient (Wildman–Crippen LogP) is 4.60. The number of allylic oxidation sites excluding steroid dienone is 1. The molecule has 4 rings (SSSR count). The third-order valence-corrected chi connectivity index (χ3v) is 6.02. The number of nitriles is 1. The molecule has 0 spiro atoms. The molecule has 2 atom stereocenters. The number of fused-ring (bicyclic) bond motifs is 3. The Balaban J connectivity index is 0.00000144. The van der Waals surface area contributed by atoms with Gasteiger partial charge in [-0.25, -0.2) is 0 Å². The van der Waals surface area contributed by atoms with Crippen molar-refractivity contribution in [2.75, 3.05) is 13.6 Å². The topological polar surface area (TPSA) is 35.8 Å². The number of hydrogen-bond acceptors (Lipinski definition) is 3. The number of hydrogen-bond donors (Lipinski definition) is 1. The van der Waals surface area contributed by atoms with Crippen molar-refractivity contribution in [3.05, 3.63) is 40.3 Å². The van der Waals surface area contributed by atoms with Gasteiger partial charge in [-0.1, -0.05) is 6.07 Å². The molecule has 2 unspecified atom stereocenters. The first-order chi connectivity index (χ1) is 10.3. The maximum atomic E-state index is 9.26. The maximum Gasteiger partial charge on any atom is 0.101 e. The minimum absolute atomic E-state index is 0. The summed E-state index contributed by atoms with van der Waals surface area (Å²) in [7, 11) is 2.03. The van der Waals surface area contributed by atoms with Crippen LogP contribution < -0.4 is 5.32 Å². The molecule has 22 heavy (non-hydrogen) atoms. The lowest BCUT2D eigenvalue weighted by Gasteiger charge is -2.20. The first-order valence-electron chi connectivity index (χ1n) is 7.61. The minimum Gasteiger partial charge on any atom is -0.316 e. The van der Waals surface area contributed by atoms with E-state index >= 15 is 0 Å². The molecule has 1 heterocycles. The highest BCUT2D eigenvalue weighted by atomic mass is 35.5. The number of thiophene rings is 1. The lowest BCUT2D eigenvalue weighted by molar-refractivity contribution is 0.627. The molecule has 114 valence electrons. The van der Waals surface area contributed by atoms with Gasteiger partial charge in [-0.15, -0.1) is 23.7 Å². The average molecular weight is 331 g/mol. The standard InChI is InChI=1S/C18H18N2S.ClH/c1-20-9-16-11-2-3-12(6-11)18(16)13-4-5-17-15(7-13)14(8-19)10-21-17;/h4-5,7,10-12,20H,2-3,6,9H2,1H3;1H. The lowest BCUT2D eigenvalue weighted by Crippen LogP contribution is -2.16. The van der Waals surface area contributed by atoms with Crippen LogP contribution in [0.4, 0.5) is 0 Å². The van der Waals surface area contributed by atoms with Crippen molar-refractivity contribution in [2.24, 2.45) is 11.8 Å². The fourth-order valence-corrected chi connectivity index (χ4v) is 5.04. The summed E-state index contributed by atoms with van der Waals surface area (Å²) in [6.45, 7) is 1.00. The predicted molar refractivity (Wildman–Crippen MR) is 95.5 cm³/mol. The summed E-state index contributed by atoms with van der Waals surface area (Å²) in [5.41, 5.74) is 5.34. The van der Waals surface area contributed by atoms with Crippen LogP contribution in [0.3, 0.4) is 0 Å². The van der Waals surface area contributed by atoms with Gasteiger partial charge < -0.3 is 5.32 Å². The fraction of sp³-hybridized carbons (Fsp3) is 0.389. The molecule has 1 saturated carbocycles. The monoisotopic (exact) mass is 330 g/mol. The van der Waals surface area contributed by atoms with Crippen molar-refractivity contribution >= 4 is 39.4 Å². The normalized spacial score (nSPS) is 22.9. The summed E-state index contributed by atoms with van der Waals surface area (Å²) >= 11 is 1.67. The molecule has 0 radical (unpaired) electrons. The summed E-state index contributed by atoms with van der Waals surface area (Å²) in [6, 6.07) is 9.01. The van der Waals surface area contributed by atoms with Gasteiger partial charge in [-0.05, 0) is 67.0 Å². The van der Waals surface area contributed by atoms with Crippen LogP contribution in [0.1, 0.15) is 30.4 Å². The summed E-state index contributed by atoms with van der Waals surface area (Å²) < 4.78 is 1.22. The van der Waals surface area contributed by atoms with Crippen molar-refractivity contribution in [1.82, 2.24) is 5.32 Å². The molecule has 1 N–H and O–H groups in total. The SMILES string of the molecule is CNCC1=C(c2ccc3scc(C#N)c3c2)C2CCC1C2.Cl. The van der Waals surface area contributed by atoms with Gasteiger partial charge in [0.15, 0.2) is 0 Å². The molecular formula is C18H19ClN2S. The Bertz CT molecular complexity index is 784. The van der Waals surface area contributed by atoms with Gasteiger partial charge in [0, 0.05) is 22.0 Å². The molecule has 2 aliphatic carbocycles. The van der Waals surface area contributed by atoms with Gasteiger partial charge in [-0.2, -0.15) is 5.26 Å². The molecule has 1 aromatic heterocycles. The van der Waals surface area contributed by atoms with Crippen LogP contribution in [-0.2, 0) is 0 Å². The number of halogens is 1. The second-order valence-corrected chi connectivity index (χ2v) is 7.06. The van der Waals surface area contributed by atoms with Crippen molar-refractivity contribution < 1.29 is 0 Å². The lowest BCUT2D eigenvalue weighted by atomic mass is 9.86. The zero-order valence-electron chi connectivity index (χ0n) is 12.6. The molecule has 0 amide bonds. The van der Waals surface area contributed by atoms with E-state index in [9.17, 15) is 5.26 Å². The van der Waals surface area contributed by atoms with E-state index in [4.69, 9.17) is 0 Å². The Morgan fingerprint density at radius 1 is 1.32 bits per heavy atom. The first kappa shape index (κ1) is 15.6. The highest BCUT2D eigenvalue weighted by Gasteiger charge is 2.38. The van der Waals surface area contributed by atoms with Crippen LogP contribution in [0.5, 0.6) is 0 Å². The smallest absolute Gasteiger partial charge is 0.101 e. The molecule has 2 nitrogen and oxygen atoms in total. The Hall–Kier alpha value is -1.34. The largest absolute Gasteiger partial charge is 0.316 e. The Kier molecular flexibility index (Phi) is 4.27. The van der Waals surface area contributed by atoms with E-state index in [-0.39, 0.29) is 12.4 Å². The summed E-state index contributed by atoms with van der Waals surface area (Å²) in [6.07, 6.45) is 4.02. The summed E-state index contributed by atoms with van der Waals surface area (Å²) in [5, 5.41) is 15.7. The van der Waals surface area contributed by atoms with Crippen molar-refractivity contribution in [3.63, 3.8) is 0 Å². The van der Waals surface area contributed by atoms with E-state index in [0.717, 1.165) is 29.3 Å². The molecule has 2 aromatic rings. The number of benzene rings is 1. The molecule has 0 saturated heterocycles. The second-order valence-electron chi connectivity index (χ2n) is 6.15. The first-order valence-corrected chi connectivity index (χ1v) is 8.49. The molecule has 2 aliphatic rings. The van der Waals surface area contributed by atoms with Gasteiger partial charge in [0.1, 0.15) is 6.07 Å². The highest BCUT2D eigenvalue weighted by molar-refractivity contribution is 7.17. The van der Waals surface area contributed by atoms with Gasteiger partial charge in [-0.3, -0.25) is 0 Å². The molecule has 0 aliphatic heterocycles. The number of nitrogens with one attached hydrogen (secondary N) is 1. The number of likely N-dealkylation sites (N-methyl/N-ethyl adjacent to an activating group) is 1. The highest BCUT2D eigenvalue weighted by Crippen LogP contribution is 2.52. The maximum absolute atomic E-state index is 9.26. The van der Waals surface area contributed by atoms with Crippen LogP contribution >= 0.6 is 23.7 Å². The molecule has 2 bridgehead atoms.